The van der Waals surface area contributed by atoms with Gasteiger partial charge in [-0.2, -0.15) is 0 Å². The minimum atomic E-state index is 0.777. The number of nitrogens with zero attached hydrogens (tertiary/aromatic N) is 1. The predicted octanol–water partition coefficient (Wildman–Crippen LogP) is 2.94. The Morgan fingerprint density at radius 2 is 2.45 bits per heavy atom. The third-order valence-electron chi connectivity index (χ3n) is 1.16. The third-order valence-corrected chi connectivity index (χ3v) is 2.67. The molecule has 1 aromatic rings. The molecule has 0 atom stereocenters. The van der Waals surface area contributed by atoms with E-state index in [9.17, 15) is 0 Å². The molecule has 0 spiro atoms. The van der Waals surface area contributed by atoms with E-state index in [1.807, 2.05) is 0 Å². The van der Waals surface area contributed by atoms with Crippen LogP contribution in [0.5, 0.6) is 0 Å². The van der Waals surface area contributed by atoms with Gasteiger partial charge in [0.2, 0.25) is 0 Å². The molecule has 0 fully saturated rings. The van der Waals surface area contributed by atoms with Crippen LogP contribution in [-0.4, -0.2) is 16.1 Å². The Bertz CT molecular complexity index is 179. The van der Waals surface area contributed by atoms with E-state index in [2.05, 4.69) is 20.9 Å². The van der Waals surface area contributed by atoms with Crippen LogP contribution in [-0.2, 0) is 0 Å². The van der Waals surface area contributed by atoms with Gasteiger partial charge < -0.3 is 4.42 Å². The number of oxazole rings is 1. The van der Waals surface area contributed by atoms with Crippen molar-refractivity contribution in [2.24, 2.45) is 0 Å². The summed E-state index contributed by atoms with van der Waals surface area (Å²) in [5, 5.41) is 1.86. The summed E-state index contributed by atoms with van der Waals surface area (Å²) in [4.78, 5) is 4.00. The Labute approximate surface area is 78.9 Å². The van der Waals surface area contributed by atoms with Crippen molar-refractivity contribution in [2.45, 2.75) is 18.1 Å². The average Bonchev–Trinajstić information content (AvgIpc) is 2.50. The Hall–Kier alpha value is 0.0400. The fraction of sp³-hybridized carbons (Fsp3) is 0.571. The highest BCUT2D eigenvalue weighted by atomic mass is 79.9. The lowest BCUT2D eigenvalue weighted by Crippen LogP contribution is -1.80. The summed E-state index contributed by atoms with van der Waals surface area (Å²) < 4.78 is 5.05. The van der Waals surface area contributed by atoms with E-state index >= 15 is 0 Å². The van der Waals surface area contributed by atoms with E-state index < -0.39 is 0 Å². The van der Waals surface area contributed by atoms with Crippen molar-refractivity contribution in [3.05, 3.63) is 12.5 Å². The summed E-state index contributed by atoms with van der Waals surface area (Å²) in [6.07, 6.45) is 5.70. The number of unbranched alkanes of at least 4 members (excludes halogenated alkanes) is 1. The number of aromatic nitrogens is 1. The van der Waals surface area contributed by atoms with E-state index in [0.29, 0.717) is 0 Å². The first-order chi connectivity index (χ1) is 5.43. The normalized spacial score (nSPS) is 10.3. The maximum atomic E-state index is 5.05. The van der Waals surface area contributed by atoms with Crippen LogP contribution in [0.1, 0.15) is 12.8 Å². The van der Waals surface area contributed by atoms with Gasteiger partial charge in [-0.3, -0.25) is 0 Å². The van der Waals surface area contributed by atoms with Crippen LogP contribution in [0.25, 0.3) is 0 Å². The van der Waals surface area contributed by atoms with Crippen molar-refractivity contribution < 1.29 is 4.42 Å². The Morgan fingerprint density at radius 1 is 1.55 bits per heavy atom. The van der Waals surface area contributed by atoms with Crippen LogP contribution in [0.15, 0.2) is 22.1 Å². The summed E-state index contributed by atoms with van der Waals surface area (Å²) in [5.41, 5.74) is 0. The molecule has 0 amide bonds. The molecule has 0 saturated carbocycles. The van der Waals surface area contributed by atoms with Gasteiger partial charge in [0, 0.05) is 11.1 Å². The van der Waals surface area contributed by atoms with Gasteiger partial charge in [0.25, 0.3) is 5.22 Å². The van der Waals surface area contributed by atoms with Crippen molar-refractivity contribution >= 4 is 27.7 Å². The zero-order chi connectivity index (χ0) is 7.94. The second-order valence-electron chi connectivity index (χ2n) is 2.04. The molecular weight excluding hydrogens is 226 g/mol. The summed E-state index contributed by atoms with van der Waals surface area (Å²) >= 11 is 5.05. The van der Waals surface area contributed by atoms with E-state index in [1.54, 1.807) is 24.2 Å². The first-order valence-electron chi connectivity index (χ1n) is 3.52. The lowest BCUT2D eigenvalue weighted by molar-refractivity contribution is 0.454. The molecule has 0 unspecified atom stereocenters. The molecule has 0 aliphatic heterocycles. The molecule has 1 heterocycles. The summed E-state index contributed by atoms with van der Waals surface area (Å²) in [5.74, 6) is 1.09. The fourth-order valence-electron chi connectivity index (χ4n) is 0.638. The van der Waals surface area contributed by atoms with Gasteiger partial charge in [-0.25, -0.2) is 4.98 Å². The predicted molar refractivity (Wildman–Crippen MR) is 50.3 cm³/mol. The monoisotopic (exact) mass is 235 g/mol. The molecule has 1 rings (SSSR count). The summed E-state index contributed by atoms with van der Waals surface area (Å²) in [6.45, 7) is 0. The van der Waals surface area contributed by atoms with Crippen molar-refractivity contribution in [2.75, 3.05) is 11.1 Å². The van der Waals surface area contributed by atoms with Gasteiger partial charge in [-0.05, 0) is 12.8 Å². The zero-order valence-corrected chi connectivity index (χ0v) is 8.53. The molecule has 0 bridgehead atoms. The van der Waals surface area contributed by atoms with Crippen molar-refractivity contribution in [3.8, 4) is 0 Å². The summed E-state index contributed by atoms with van der Waals surface area (Å²) in [7, 11) is 0. The maximum Gasteiger partial charge on any atom is 0.255 e. The number of rotatable bonds is 5. The smallest absolute Gasteiger partial charge is 0.255 e. The molecule has 0 aromatic carbocycles. The standard InChI is InChI=1S/C7H10BrNOS/c8-3-1-2-6-11-7-9-4-5-10-7/h4-5H,1-3,6H2. The number of hydrogen-bond donors (Lipinski definition) is 0. The van der Waals surface area contributed by atoms with E-state index in [4.69, 9.17) is 4.42 Å². The Balaban J connectivity index is 2.04. The van der Waals surface area contributed by atoms with E-state index in [1.165, 1.54) is 12.8 Å². The van der Waals surface area contributed by atoms with Crippen LogP contribution < -0.4 is 0 Å². The molecule has 0 saturated heterocycles. The molecule has 0 aliphatic rings. The SMILES string of the molecule is BrCCCCSc1ncco1. The van der Waals surface area contributed by atoms with E-state index in [-0.39, 0.29) is 0 Å². The van der Waals surface area contributed by atoms with Crippen LogP contribution >= 0.6 is 27.7 Å². The first-order valence-corrected chi connectivity index (χ1v) is 5.62. The number of thioether (sulfide) groups is 1. The zero-order valence-electron chi connectivity index (χ0n) is 6.12. The molecule has 1 aromatic heterocycles. The van der Waals surface area contributed by atoms with Gasteiger partial charge in [-0.15, -0.1) is 0 Å². The highest BCUT2D eigenvalue weighted by Gasteiger charge is 1.96. The molecule has 0 aliphatic carbocycles. The second-order valence-corrected chi connectivity index (χ2v) is 3.88. The molecular formula is C7H10BrNOS. The van der Waals surface area contributed by atoms with Gasteiger partial charge >= 0.3 is 0 Å². The molecule has 62 valence electrons. The van der Waals surface area contributed by atoms with Crippen molar-refractivity contribution in [1.29, 1.82) is 0 Å². The van der Waals surface area contributed by atoms with Crippen molar-refractivity contribution in [1.82, 2.24) is 4.98 Å². The number of halogens is 1. The van der Waals surface area contributed by atoms with Crippen LogP contribution in [0.4, 0.5) is 0 Å². The second kappa shape index (κ2) is 5.66. The van der Waals surface area contributed by atoms with Crippen LogP contribution in [0.3, 0.4) is 0 Å². The van der Waals surface area contributed by atoms with Gasteiger partial charge in [0.1, 0.15) is 6.26 Å². The Kier molecular flexibility index (Phi) is 4.70. The maximum absolute atomic E-state index is 5.05. The number of hydrogen-bond acceptors (Lipinski definition) is 3. The topological polar surface area (TPSA) is 26.0 Å². The van der Waals surface area contributed by atoms with Crippen LogP contribution in [0.2, 0.25) is 0 Å². The highest BCUT2D eigenvalue weighted by Crippen LogP contribution is 2.16. The minimum absolute atomic E-state index is 0.777. The molecule has 11 heavy (non-hydrogen) atoms. The summed E-state index contributed by atoms with van der Waals surface area (Å²) in [6, 6.07) is 0. The molecule has 2 nitrogen and oxygen atoms in total. The van der Waals surface area contributed by atoms with Gasteiger partial charge in [0.15, 0.2) is 0 Å². The minimum Gasteiger partial charge on any atom is -0.440 e. The quantitative estimate of drug-likeness (QED) is 0.446. The van der Waals surface area contributed by atoms with E-state index in [0.717, 1.165) is 16.3 Å². The molecule has 4 heteroatoms. The van der Waals surface area contributed by atoms with Crippen LogP contribution in [0, 0.1) is 0 Å². The average molecular weight is 236 g/mol. The Morgan fingerprint density at radius 3 is 3.09 bits per heavy atom. The lowest BCUT2D eigenvalue weighted by atomic mass is 10.4. The third kappa shape index (κ3) is 3.82. The fourth-order valence-corrected chi connectivity index (χ4v) is 1.82. The highest BCUT2D eigenvalue weighted by molar-refractivity contribution is 9.09. The number of alkyl halides is 1. The van der Waals surface area contributed by atoms with Gasteiger partial charge in [-0.1, -0.05) is 27.7 Å². The largest absolute Gasteiger partial charge is 0.440 e. The van der Waals surface area contributed by atoms with Gasteiger partial charge in [0.05, 0.1) is 6.20 Å². The molecule has 0 radical (unpaired) electrons. The lowest BCUT2D eigenvalue weighted by Gasteiger charge is -1.93. The van der Waals surface area contributed by atoms with Crippen molar-refractivity contribution in [3.63, 3.8) is 0 Å². The first kappa shape index (κ1) is 9.13. The molecule has 0 N–H and O–H groups in total.